The molecule has 1 atom stereocenters. The van der Waals surface area contributed by atoms with Crippen molar-refractivity contribution in [1.29, 1.82) is 0 Å². The first kappa shape index (κ1) is 21.1. The third-order valence-corrected chi connectivity index (χ3v) is 4.68. The summed E-state index contributed by atoms with van der Waals surface area (Å²) in [6, 6.07) is 12.5. The first-order valence-corrected chi connectivity index (χ1v) is 9.33. The maximum atomic E-state index is 12.7. The van der Waals surface area contributed by atoms with Crippen molar-refractivity contribution in [3.05, 3.63) is 65.2 Å². The van der Waals surface area contributed by atoms with E-state index in [-0.39, 0.29) is 23.3 Å². The molecule has 0 aliphatic carbocycles. The van der Waals surface area contributed by atoms with E-state index in [1.165, 1.54) is 12.1 Å². The lowest BCUT2D eigenvalue weighted by Crippen LogP contribution is -2.43. The molecule has 1 fully saturated rings. The molecule has 1 amide bonds. The normalized spacial score (nSPS) is 16.3. The van der Waals surface area contributed by atoms with Crippen molar-refractivity contribution in [1.82, 2.24) is 10.2 Å². The van der Waals surface area contributed by atoms with Gasteiger partial charge in [0, 0.05) is 25.2 Å². The molecular weight excluding hydrogens is 385 g/mol. The third-order valence-electron chi connectivity index (χ3n) is 4.68. The highest BCUT2D eigenvalue weighted by molar-refractivity contribution is 5.94. The van der Waals surface area contributed by atoms with Gasteiger partial charge in [0.1, 0.15) is 5.75 Å². The topological polar surface area (TPSA) is 50.8 Å². The fourth-order valence-corrected chi connectivity index (χ4v) is 3.12. The highest BCUT2D eigenvalue weighted by atomic mass is 19.4. The first-order valence-electron chi connectivity index (χ1n) is 9.33. The number of alkyl halides is 3. The molecule has 29 heavy (non-hydrogen) atoms. The zero-order valence-corrected chi connectivity index (χ0v) is 16.0. The molecule has 8 heteroatoms. The largest absolute Gasteiger partial charge is 0.573 e. The lowest BCUT2D eigenvalue weighted by molar-refractivity contribution is -0.274. The second-order valence-corrected chi connectivity index (χ2v) is 6.92. The van der Waals surface area contributed by atoms with Crippen LogP contribution in [-0.4, -0.2) is 50.0 Å². The maximum Gasteiger partial charge on any atom is 0.573 e. The van der Waals surface area contributed by atoms with Gasteiger partial charge in [0.05, 0.1) is 19.3 Å². The molecule has 3 rings (SSSR count). The van der Waals surface area contributed by atoms with E-state index < -0.39 is 6.36 Å². The van der Waals surface area contributed by atoms with Crippen LogP contribution in [-0.2, 0) is 4.74 Å². The lowest BCUT2D eigenvalue weighted by atomic mass is 10.0. The van der Waals surface area contributed by atoms with E-state index in [9.17, 15) is 18.0 Å². The number of halogens is 3. The molecule has 1 N–H and O–H groups in total. The smallest absolute Gasteiger partial charge is 0.406 e. The molecule has 156 valence electrons. The summed E-state index contributed by atoms with van der Waals surface area (Å²) in [6.07, 6.45) is -4.77. The van der Waals surface area contributed by atoms with E-state index in [0.717, 1.165) is 36.3 Å². The number of hydrogen-bond donors (Lipinski definition) is 1. The van der Waals surface area contributed by atoms with Crippen molar-refractivity contribution in [3.63, 3.8) is 0 Å². The predicted molar refractivity (Wildman–Crippen MR) is 102 cm³/mol. The number of nitrogens with zero attached hydrogens (tertiary/aromatic N) is 1. The summed E-state index contributed by atoms with van der Waals surface area (Å²) in [5.41, 5.74) is 2.34. The highest BCUT2D eigenvalue weighted by Gasteiger charge is 2.31. The fraction of sp³-hybridized carbons (Fsp3) is 0.381. The Morgan fingerprint density at radius 1 is 1.10 bits per heavy atom. The van der Waals surface area contributed by atoms with Gasteiger partial charge >= 0.3 is 6.36 Å². The number of rotatable bonds is 6. The van der Waals surface area contributed by atoms with Gasteiger partial charge in [-0.25, -0.2) is 0 Å². The molecule has 0 radical (unpaired) electrons. The quantitative estimate of drug-likeness (QED) is 0.792. The molecule has 0 saturated carbocycles. The SMILES string of the molecule is Cc1ccc([C@@H](CN2CCOCC2)NC(=O)c2ccc(OC(F)(F)F)cc2)cc1. The van der Waals surface area contributed by atoms with Crippen LogP contribution in [0.3, 0.4) is 0 Å². The molecule has 5 nitrogen and oxygen atoms in total. The van der Waals surface area contributed by atoms with E-state index in [0.29, 0.717) is 19.8 Å². The van der Waals surface area contributed by atoms with Gasteiger partial charge in [-0.3, -0.25) is 9.69 Å². The summed E-state index contributed by atoms with van der Waals surface area (Å²) in [5, 5.41) is 3.00. The zero-order valence-electron chi connectivity index (χ0n) is 16.0. The monoisotopic (exact) mass is 408 g/mol. The van der Waals surface area contributed by atoms with Crippen molar-refractivity contribution in [3.8, 4) is 5.75 Å². The van der Waals surface area contributed by atoms with Gasteiger partial charge in [-0.2, -0.15) is 0 Å². The predicted octanol–water partition coefficient (Wildman–Crippen LogP) is 3.70. The number of aryl methyl sites for hydroxylation is 1. The van der Waals surface area contributed by atoms with Gasteiger partial charge in [0.15, 0.2) is 0 Å². The minimum Gasteiger partial charge on any atom is -0.406 e. The van der Waals surface area contributed by atoms with Gasteiger partial charge in [-0.05, 0) is 36.8 Å². The van der Waals surface area contributed by atoms with Gasteiger partial charge in [0.25, 0.3) is 5.91 Å². The second-order valence-electron chi connectivity index (χ2n) is 6.92. The minimum atomic E-state index is -4.77. The van der Waals surface area contributed by atoms with E-state index in [1.807, 2.05) is 31.2 Å². The van der Waals surface area contributed by atoms with E-state index in [1.54, 1.807) is 0 Å². The molecule has 1 heterocycles. The van der Waals surface area contributed by atoms with Crippen LogP contribution in [0.1, 0.15) is 27.5 Å². The summed E-state index contributed by atoms with van der Waals surface area (Å²) < 4.78 is 46.1. The van der Waals surface area contributed by atoms with Crippen LogP contribution in [0.25, 0.3) is 0 Å². The standard InChI is InChI=1S/C21H23F3N2O3/c1-15-2-4-16(5-3-15)19(14-26-10-12-28-13-11-26)25-20(27)17-6-8-18(9-7-17)29-21(22,23)24/h2-9,19H,10-14H2,1H3,(H,25,27)/t19-/m1/s1. The maximum absolute atomic E-state index is 12.7. The Morgan fingerprint density at radius 3 is 2.31 bits per heavy atom. The van der Waals surface area contributed by atoms with Crippen molar-refractivity contribution in [2.24, 2.45) is 0 Å². The molecule has 0 aromatic heterocycles. The van der Waals surface area contributed by atoms with Crippen molar-refractivity contribution >= 4 is 5.91 Å². The van der Waals surface area contributed by atoms with E-state index in [4.69, 9.17) is 4.74 Å². The zero-order chi connectivity index (χ0) is 20.9. The van der Waals surface area contributed by atoms with Gasteiger partial charge < -0.3 is 14.8 Å². The number of ether oxygens (including phenoxy) is 2. The van der Waals surface area contributed by atoms with Crippen molar-refractivity contribution in [2.45, 2.75) is 19.3 Å². The summed E-state index contributed by atoms with van der Waals surface area (Å²) in [7, 11) is 0. The van der Waals surface area contributed by atoms with Gasteiger partial charge in [-0.15, -0.1) is 13.2 Å². The van der Waals surface area contributed by atoms with Gasteiger partial charge in [0.2, 0.25) is 0 Å². The number of carbonyl (C=O) groups excluding carboxylic acids is 1. The van der Waals surface area contributed by atoms with Crippen LogP contribution in [0.2, 0.25) is 0 Å². The Labute approximate surface area is 167 Å². The Balaban J connectivity index is 1.72. The number of carbonyl (C=O) groups is 1. The van der Waals surface area contributed by atoms with E-state index >= 15 is 0 Å². The Bertz CT molecular complexity index is 801. The van der Waals surface area contributed by atoms with Crippen LogP contribution in [0.15, 0.2) is 48.5 Å². The van der Waals surface area contributed by atoms with Gasteiger partial charge in [-0.1, -0.05) is 29.8 Å². The minimum absolute atomic E-state index is 0.257. The molecule has 1 aliphatic heterocycles. The number of morpholine rings is 1. The first-order chi connectivity index (χ1) is 13.8. The molecule has 1 saturated heterocycles. The molecule has 2 aromatic carbocycles. The Hall–Kier alpha value is -2.58. The van der Waals surface area contributed by atoms with Crippen LogP contribution >= 0.6 is 0 Å². The molecule has 2 aromatic rings. The molecule has 0 bridgehead atoms. The summed E-state index contributed by atoms with van der Waals surface area (Å²) in [6.45, 7) is 5.46. The van der Waals surface area contributed by atoms with Crippen LogP contribution in [0.4, 0.5) is 13.2 Å². The van der Waals surface area contributed by atoms with E-state index in [2.05, 4.69) is 15.0 Å². The van der Waals surface area contributed by atoms with Crippen LogP contribution in [0.5, 0.6) is 5.75 Å². The van der Waals surface area contributed by atoms with Crippen molar-refractivity contribution < 1.29 is 27.4 Å². The summed E-state index contributed by atoms with van der Waals surface area (Å²) in [5.74, 6) is -0.722. The van der Waals surface area contributed by atoms with Crippen LogP contribution < -0.4 is 10.1 Å². The molecule has 0 unspecified atom stereocenters. The Kier molecular flexibility index (Phi) is 6.76. The summed E-state index contributed by atoms with van der Waals surface area (Å²) in [4.78, 5) is 14.9. The average molecular weight is 408 g/mol. The Morgan fingerprint density at radius 2 is 1.72 bits per heavy atom. The fourth-order valence-electron chi connectivity index (χ4n) is 3.12. The molecular formula is C21H23F3N2O3. The summed E-state index contributed by atoms with van der Waals surface area (Å²) >= 11 is 0. The van der Waals surface area contributed by atoms with Crippen LogP contribution in [0, 0.1) is 6.92 Å². The second kappa shape index (κ2) is 9.28. The third kappa shape index (κ3) is 6.47. The number of nitrogens with one attached hydrogen (secondary N) is 1. The van der Waals surface area contributed by atoms with Crippen molar-refractivity contribution in [2.75, 3.05) is 32.8 Å². The number of amides is 1. The lowest BCUT2D eigenvalue weighted by Gasteiger charge is -2.31. The number of benzene rings is 2. The number of hydrogen-bond acceptors (Lipinski definition) is 4. The highest BCUT2D eigenvalue weighted by Crippen LogP contribution is 2.23. The average Bonchev–Trinajstić information content (AvgIpc) is 2.68. The molecule has 1 aliphatic rings. The molecule has 0 spiro atoms.